The summed E-state index contributed by atoms with van der Waals surface area (Å²) in [7, 11) is 0. The lowest BCUT2D eigenvalue weighted by molar-refractivity contribution is 0.149. The van der Waals surface area contributed by atoms with Crippen LogP contribution in [-0.2, 0) is 0 Å². The molecule has 2 fully saturated rings. The van der Waals surface area contributed by atoms with E-state index in [1.54, 1.807) is 0 Å². The van der Waals surface area contributed by atoms with Crippen molar-refractivity contribution in [3.8, 4) is 11.3 Å². The van der Waals surface area contributed by atoms with E-state index in [-0.39, 0.29) is 0 Å². The molecule has 1 aliphatic heterocycles. The summed E-state index contributed by atoms with van der Waals surface area (Å²) in [5.41, 5.74) is 6.18. The molecule has 0 N–H and O–H groups in total. The van der Waals surface area contributed by atoms with Gasteiger partial charge >= 0.3 is 0 Å². The fourth-order valence-corrected chi connectivity index (χ4v) is 5.99. The van der Waals surface area contributed by atoms with Crippen molar-refractivity contribution in [2.45, 2.75) is 70.9 Å². The molecule has 36 heavy (non-hydrogen) atoms. The Kier molecular flexibility index (Phi) is 7.38. The van der Waals surface area contributed by atoms with E-state index in [1.807, 2.05) is 12.3 Å². The number of hydrogen-bond acceptors (Lipinski definition) is 4. The molecule has 0 bridgehead atoms. The number of benzene rings is 1. The number of pyridine rings is 1. The van der Waals surface area contributed by atoms with E-state index in [2.05, 4.69) is 71.0 Å². The van der Waals surface area contributed by atoms with Crippen molar-refractivity contribution < 1.29 is 0 Å². The first-order chi connectivity index (χ1) is 17.4. The van der Waals surface area contributed by atoms with Gasteiger partial charge in [-0.25, -0.2) is 4.98 Å². The smallest absolute Gasteiger partial charge is 0.0756 e. The molecule has 0 amide bonds. The Labute approximate surface area is 220 Å². The zero-order valence-electron chi connectivity index (χ0n) is 21.7. The van der Waals surface area contributed by atoms with E-state index in [4.69, 9.17) is 16.6 Å². The Balaban J connectivity index is 1.34. The predicted octanol–water partition coefficient (Wildman–Crippen LogP) is 7.55. The van der Waals surface area contributed by atoms with Gasteiger partial charge in [-0.3, -0.25) is 4.68 Å². The fraction of sp³-hybridized carbons (Fsp3) is 0.467. The molecule has 1 saturated heterocycles. The highest BCUT2D eigenvalue weighted by atomic mass is 35.5. The van der Waals surface area contributed by atoms with E-state index < -0.39 is 0 Å². The minimum atomic E-state index is 0.413. The molecule has 2 aliphatic rings. The maximum Gasteiger partial charge on any atom is 0.0756 e. The van der Waals surface area contributed by atoms with Gasteiger partial charge in [-0.1, -0.05) is 63.1 Å². The van der Waals surface area contributed by atoms with Gasteiger partial charge in [0, 0.05) is 54.2 Å². The fourth-order valence-electron chi connectivity index (χ4n) is 5.73. The third-order valence-corrected chi connectivity index (χ3v) is 8.24. The van der Waals surface area contributed by atoms with Crippen LogP contribution in [0.1, 0.15) is 70.4 Å². The van der Waals surface area contributed by atoms with Gasteiger partial charge in [0.05, 0.1) is 28.5 Å². The second-order valence-electron chi connectivity index (χ2n) is 10.5. The summed E-state index contributed by atoms with van der Waals surface area (Å²) in [5, 5.41) is 6.32. The molecule has 3 aromatic rings. The SMILES string of the molecule is C=C(c1ccc2c(Cl)cc(-c3cnn(C4CCCC4)c3)nc2c1)N1CCN(C(=C)CCCC)C(C)C1. The normalized spacial score (nSPS) is 18.8. The lowest BCUT2D eigenvalue weighted by atomic mass is 10.0. The van der Waals surface area contributed by atoms with Gasteiger partial charge in [-0.2, -0.15) is 5.10 Å². The van der Waals surface area contributed by atoms with Crippen LogP contribution in [0.3, 0.4) is 0 Å². The first kappa shape index (κ1) is 24.9. The highest BCUT2D eigenvalue weighted by Gasteiger charge is 2.25. The van der Waals surface area contributed by atoms with Crippen LogP contribution in [0, 0.1) is 0 Å². The molecular formula is C30H38ClN5. The number of unbranched alkanes of at least 4 members (excludes halogenated alkanes) is 1. The van der Waals surface area contributed by atoms with Crippen molar-refractivity contribution in [2.75, 3.05) is 19.6 Å². The summed E-state index contributed by atoms with van der Waals surface area (Å²) < 4.78 is 2.11. The number of fused-ring (bicyclic) bond motifs is 1. The minimum Gasteiger partial charge on any atom is -0.369 e. The maximum atomic E-state index is 6.71. The number of halogens is 1. The standard InChI is InChI=1S/C30H38ClN5/c1-5-6-9-21(2)35-15-14-34(19-22(35)3)23(4)24-12-13-27-28(31)17-29(33-30(27)16-24)25-18-32-36(20-25)26-10-7-8-11-26/h12-13,16-18,20,22,26H,2,4-11,14-15,19H2,1,3H3. The van der Waals surface area contributed by atoms with Crippen LogP contribution in [0.5, 0.6) is 0 Å². The van der Waals surface area contributed by atoms with Crippen LogP contribution >= 0.6 is 11.6 Å². The second kappa shape index (κ2) is 10.7. The summed E-state index contributed by atoms with van der Waals surface area (Å²) in [6.07, 6.45) is 12.5. The van der Waals surface area contributed by atoms with Gasteiger partial charge in [0.15, 0.2) is 0 Å². The molecule has 1 saturated carbocycles. The van der Waals surface area contributed by atoms with Crippen molar-refractivity contribution in [1.29, 1.82) is 0 Å². The second-order valence-corrected chi connectivity index (χ2v) is 10.9. The van der Waals surface area contributed by atoms with E-state index in [9.17, 15) is 0 Å². The quantitative estimate of drug-likeness (QED) is 0.318. The molecule has 1 atom stereocenters. The van der Waals surface area contributed by atoms with Gasteiger partial charge < -0.3 is 9.80 Å². The average Bonchev–Trinajstić information content (AvgIpc) is 3.59. The largest absolute Gasteiger partial charge is 0.369 e. The molecule has 1 aromatic carbocycles. The zero-order valence-corrected chi connectivity index (χ0v) is 22.5. The molecule has 0 spiro atoms. The number of aromatic nitrogens is 3. The lowest BCUT2D eigenvalue weighted by Gasteiger charge is -2.43. The van der Waals surface area contributed by atoms with Crippen molar-refractivity contribution in [1.82, 2.24) is 24.6 Å². The predicted molar refractivity (Wildman–Crippen MR) is 151 cm³/mol. The molecule has 3 heterocycles. The maximum absolute atomic E-state index is 6.71. The first-order valence-electron chi connectivity index (χ1n) is 13.5. The Morgan fingerprint density at radius 2 is 1.94 bits per heavy atom. The molecule has 5 rings (SSSR count). The topological polar surface area (TPSA) is 37.2 Å². The number of rotatable bonds is 8. The van der Waals surface area contributed by atoms with Gasteiger partial charge in [-0.05, 0) is 50.3 Å². The third-order valence-electron chi connectivity index (χ3n) is 7.92. The lowest BCUT2D eigenvalue weighted by Crippen LogP contribution is -2.50. The number of hydrogen-bond donors (Lipinski definition) is 0. The number of piperazine rings is 1. The summed E-state index contributed by atoms with van der Waals surface area (Å²) in [5.74, 6) is 0. The van der Waals surface area contributed by atoms with Crippen LogP contribution in [-0.4, -0.2) is 50.2 Å². The van der Waals surface area contributed by atoms with Crippen molar-refractivity contribution in [3.63, 3.8) is 0 Å². The highest BCUT2D eigenvalue weighted by molar-refractivity contribution is 6.35. The molecule has 0 radical (unpaired) electrons. The Morgan fingerprint density at radius 1 is 1.14 bits per heavy atom. The summed E-state index contributed by atoms with van der Waals surface area (Å²) in [6.45, 7) is 16.2. The van der Waals surface area contributed by atoms with Crippen molar-refractivity contribution in [3.05, 3.63) is 66.1 Å². The van der Waals surface area contributed by atoms with Crippen LogP contribution in [0.15, 0.2) is 55.5 Å². The van der Waals surface area contributed by atoms with E-state index in [0.29, 0.717) is 17.1 Å². The Hall–Kier alpha value is -2.79. The van der Waals surface area contributed by atoms with Gasteiger partial charge in [0.1, 0.15) is 0 Å². The number of allylic oxidation sites excluding steroid dienone is 1. The summed E-state index contributed by atoms with van der Waals surface area (Å²) >= 11 is 6.71. The summed E-state index contributed by atoms with van der Waals surface area (Å²) in [4.78, 5) is 9.86. The van der Waals surface area contributed by atoms with E-state index >= 15 is 0 Å². The zero-order chi connectivity index (χ0) is 25.2. The van der Waals surface area contributed by atoms with Crippen LogP contribution in [0.4, 0.5) is 0 Å². The number of nitrogens with zero attached hydrogens (tertiary/aromatic N) is 5. The highest BCUT2D eigenvalue weighted by Crippen LogP contribution is 2.33. The Morgan fingerprint density at radius 3 is 2.69 bits per heavy atom. The molecule has 6 heteroatoms. The Bertz CT molecular complexity index is 1260. The van der Waals surface area contributed by atoms with Crippen molar-refractivity contribution >= 4 is 28.2 Å². The monoisotopic (exact) mass is 503 g/mol. The van der Waals surface area contributed by atoms with Crippen LogP contribution in [0.2, 0.25) is 5.02 Å². The van der Waals surface area contributed by atoms with Crippen molar-refractivity contribution in [2.24, 2.45) is 0 Å². The third kappa shape index (κ3) is 5.04. The van der Waals surface area contributed by atoms with Gasteiger partial charge in [0.25, 0.3) is 0 Å². The molecular weight excluding hydrogens is 466 g/mol. The van der Waals surface area contributed by atoms with Crippen LogP contribution < -0.4 is 0 Å². The minimum absolute atomic E-state index is 0.413. The van der Waals surface area contributed by atoms with Gasteiger partial charge in [-0.15, -0.1) is 0 Å². The summed E-state index contributed by atoms with van der Waals surface area (Å²) in [6, 6.07) is 9.20. The molecule has 1 unspecified atom stereocenters. The van der Waals surface area contributed by atoms with E-state index in [0.717, 1.165) is 59.5 Å². The van der Waals surface area contributed by atoms with Crippen LogP contribution in [0.25, 0.3) is 27.9 Å². The molecule has 2 aromatic heterocycles. The first-order valence-corrected chi connectivity index (χ1v) is 13.9. The molecule has 5 nitrogen and oxygen atoms in total. The van der Waals surface area contributed by atoms with Gasteiger partial charge in [0.2, 0.25) is 0 Å². The molecule has 1 aliphatic carbocycles. The van der Waals surface area contributed by atoms with E-state index in [1.165, 1.54) is 44.2 Å². The molecule has 190 valence electrons. The average molecular weight is 504 g/mol.